The first-order valence-corrected chi connectivity index (χ1v) is 11.8. The molecule has 0 radical (unpaired) electrons. The van der Waals surface area contributed by atoms with Gasteiger partial charge < -0.3 is 10.1 Å². The highest BCUT2D eigenvalue weighted by Crippen LogP contribution is 2.46. The predicted octanol–water partition coefficient (Wildman–Crippen LogP) is 6.25. The molecule has 0 bridgehead atoms. The van der Waals surface area contributed by atoms with E-state index in [4.69, 9.17) is 16.3 Å². The van der Waals surface area contributed by atoms with Crippen molar-refractivity contribution in [3.8, 4) is 0 Å². The van der Waals surface area contributed by atoms with Gasteiger partial charge in [-0.25, -0.2) is 18.6 Å². The summed E-state index contributed by atoms with van der Waals surface area (Å²) in [6, 6.07) is 2.89. The first-order chi connectivity index (χ1) is 18.2. The molecular weight excluding hydrogens is 569 g/mol. The summed E-state index contributed by atoms with van der Waals surface area (Å²) < 4.78 is 77.2. The zero-order valence-electron chi connectivity index (χ0n) is 21.7. The number of rotatable bonds is 4. The minimum atomic E-state index is -5.24. The number of alkyl carbamates (subject to hydrolysis) is 1. The average Bonchev–Trinajstić information content (AvgIpc) is 2.77. The van der Waals surface area contributed by atoms with Crippen molar-refractivity contribution in [1.29, 1.82) is 0 Å². The Balaban J connectivity index is 2.16. The minimum absolute atomic E-state index is 0.337. The van der Waals surface area contributed by atoms with Crippen LogP contribution in [0.3, 0.4) is 0 Å². The molecule has 0 saturated carbocycles. The molecule has 3 rings (SSSR count). The number of nitro benzene ring substituents is 1. The average molecular weight is 592 g/mol. The second kappa shape index (κ2) is 10.5. The van der Waals surface area contributed by atoms with Crippen LogP contribution in [-0.4, -0.2) is 40.4 Å². The summed E-state index contributed by atoms with van der Waals surface area (Å²) in [5, 5.41) is 14.7. The van der Waals surface area contributed by atoms with Crippen LogP contribution in [-0.2, 0) is 21.2 Å². The Morgan fingerprint density at radius 2 is 1.80 bits per heavy atom. The van der Waals surface area contributed by atoms with Crippen molar-refractivity contribution in [2.45, 2.75) is 51.4 Å². The number of carbonyl (C=O) groups is 2. The largest absolute Gasteiger partial charge is 0.444 e. The quantitative estimate of drug-likeness (QED) is 0.246. The van der Waals surface area contributed by atoms with Crippen molar-refractivity contribution in [3.05, 3.63) is 62.2 Å². The van der Waals surface area contributed by atoms with Crippen LogP contribution in [0.15, 0.2) is 29.3 Å². The summed E-state index contributed by atoms with van der Waals surface area (Å²) in [5.41, 5.74) is -8.50. The fraction of sp³-hybridized carbons (Fsp3) is 0.375. The third-order valence-corrected chi connectivity index (χ3v) is 6.00. The van der Waals surface area contributed by atoms with Crippen LogP contribution >= 0.6 is 11.6 Å². The molecule has 0 aliphatic carbocycles. The highest BCUT2D eigenvalue weighted by molar-refractivity contribution is 6.32. The molecule has 2 amide bonds. The second-order valence-corrected chi connectivity index (χ2v) is 10.4. The monoisotopic (exact) mass is 591 g/mol. The van der Waals surface area contributed by atoms with Crippen molar-refractivity contribution in [2.75, 3.05) is 12.4 Å². The molecule has 0 unspecified atom stereocenters. The number of nitro groups is 1. The number of hydrogen-bond donors (Lipinski definition) is 2. The van der Waals surface area contributed by atoms with Gasteiger partial charge in [-0.2, -0.15) is 13.2 Å². The van der Waals surface area contributed by atoms with Crippen LogP contribution in [0.5, 0.6) is 0 Å². The molecule has 0 fully saturated rings. The van der Waals surface area contributed by atoms with E-state index in [0.29, 0.717) is 18.2 Å². The fourth-order valence-electron chi connectivity index (χ4n) is 3.87. The van der Waals surface area contributed by atoms with Crippen molar-refractivity contribution in [1.82, 2.24) is 10.2 Å². The first kappa shape index (κ1) is 30.5. The van der Waals surface area contributed by atoms with Gasteiger partial charge >= 0.3 is 12.3 Å². The lowest BCUT2D eigenvalue weighted by Gasteiger charge is -2.35. The Morgan fingerprint density at radius 3 is 2.35 bits per heavy atom. The van der Waals surface area contributed by atoms with E-state index in [1.807, 2.05) is 5.32 Å². The van der Waals surface area contributed by atoms with Crippen molar-refractivity contribution < 1.29 is 41.2 Å². The molecule has 0 saturated heterocycles. The van der Waals surface area contributed by atoms with E-state index < -0.39 is 85.5 Å². The molecule has 2 N–H and O–H groups in total. The second-order valence-electron chi connectivity index (χ2n) is 9.95. The van der Waals surface area contributed by atoms with Crippen molar-refractivity contribution >= 4 is 46.6 Å². The molecule has 216 valence electrons. The number of carbonyl (C=O) groups excluding carboxylic acids is 2. The van der Waals surface area contributed by atoms with Gasteiger partial charge in [0.1, 0.15) is 28.4 Å². The summed E-state index contributed by atoms with van der Waals surface area (Å²) in [6.45, 7) is 6.04. The number of benzene rings is 2. The Hall–Kier alpha value is -4.01. The number of nitrogens with one attached hydrogen (secondary N) is 2. The van der Waals surface area contributed by atoms with Crippen molar-refractivity contribution in [2.24, 2.45) is 4.99 Å². The Morgan fingerprint density at radius 1 is 1.18 bits per heavy atom. The lowest BCUT2D eigenvalue weighted by Crippen LogP contribution is -2.52. The van der Waals surface area contributed by atoms with Crippen LogP contribution < -0.4 is 10.6 Å². The van der Waals surface area contributed by atoms with Gasteiger partial charge in [0.15, 0.2) is 5.82 Å². The van der Waals surface area contributed by atoms with Crippen LogP contribution in [0.1, 0.15) is 45.2 Å². The number of aliphatic imine (C=N–C) groups is 1. The van der Waals surface area contributed by atoms with Gasteiger partial charge in [0.2, 0.25) is 11.9 Å². The van der Waals surface area contributed by atoms with E-state index in [1.165, 1.54) is 14.0 Å². The van der Waals surface area contributed by atoms with Gasteiger partial charge in [-0.15, -0.1) is 0 Å². The van der Waals surface area contributed by atoms with Crippen LogP contribution in [0, 0.1) is 21.7 Å². The number of guanidine groups is 1. The molecule has 1 heterocycles. The maximum absolute atomic E-state index is 15.9. The molecule has 2 aromatic rings. The molecule has 10 nitrogen and oxygen atoms in total. The van der Waals surface area contributed by atoms with Gasteiger partial charge in [-0.05, 0) is 39.8 Å². The Labute approximate surface area is 229 Å². The summed E-state index contributed by atoms with van der Waals surface area (Å²) in [5.74, 6) is -3.87. The number of hydrogen-bond acceptors (Lipinski definition) is 7. The third kappa shape index (κ3) is 6.24. The van der Waals surface area contributed by atoms with E-state index in [-0.39, 0.29) is 5.96 Å². The molecule has 1 atom stereocenters. The SMILES string of the molecule is CN1C(=O)C[C@@](C)(c2ccc(F)c(Nc3c([N+](=O)[O-])ccc(Cl)c3C(F)(F)F)c2F)N=C1NC(=O)OC(C)(C)C. The maximum atomic E-state index is 15.9. The van der Waals surface area contributed by atoms with Crippen LogP contribution in [0.2, 0.25) is 5.02 Å². The topological polar surface area (TPSA) is 126 Å². The molecule has 16 heteroatoms. The zero-order valence-corrected chi connectivity index (χ0v) is 22.4. The van der Waals surface area contributed by atoms with E-state index in [2.05, 4.69) is 10.3 Å². The lowest BCUT2D eigenvalue weighted by molar-refractivity contribution is -0.384. The Kier molecular flexibility index (Phi) is 8.03. The number of alkyl halides is 3. The van der Waals surface area contributed by atoms with Gasteiger partial charge in [0.05, 0.1) is 21.9 Å². The van der Waals surface area contributed by atoms with Gasteiger partial charge in [0, 0.05) is 18.7 Å². The van der Waals surface area contributed by atoms with Crippen molar-refractivity contribution in [3.63, 3.8) is 0 Å². The van der Waals surface area contributed by atoms with Gasteiger partial charge in [0.25, 0.3) is 5.69 Å². The van der Waals surface area contributed by atoms with Gasteiger partial charge in [-0.3, -0.25) is 25.1 Å². The summed E-state index contributed by atoms with van der Waals surface area (Å²) in [4.78, 5) is 40.6. The highest BCUT2D eigenvalue weighted by atomic mass is 35.5. The molecule has 0 aromatic heterocycles. The lowest BCUT2D eigenvalue weighted by atomic mass is 9.86. The van der Waals surface area contributed by atoms with Crippen LogP contribution in [0.4, 0.5) is 43.8 Å². The molecule has 1 aliphatic heterocycles. The normalized spacial score (nSPS) is 17.8. The molecule has 1 aliphatic rings. The molecule has 40 heavy (non-hydrogen) atoms. The summed E-state index contributed by atoms with van der Waals surface area (Å²) in [6.07, 6.45) is -6.71. The number of halogens is 6. The number of amides is 2. The predicted molar refractivity (Wildman–Crippen MR) is 134 cm³/mol. The third-order valence-electron chi connectivity index (χ3n) is 5.69. The standard InChI is InChI=1S/C24H23ClF5N5O5/c1-22(2,3)40-21(37)32-20-33-23(4,10-15(36)34(20)5)11-6-8-13(26)18(17(11)27)31-19-14(35(38)39)9-7-12(25)16(19)24(28,29)30/h6-9,31H,10H2,1-5H3,(H,32,33,37)/t23-/m0/s1. The maximum Gasteiger partial charge on any atom is 0.420 e. The van der Waals surface area contributed by atoms with Gasteiger partial charge in [-0.1, -0.05) is 17.7 Å². The minimum Gasteiger partial charge on any atom is -0.444 e. The molecular formula is C24H23ClF5N5O5. The van der Waals surface area contributed by atoms with E-state index in [9.17, 15) is 37.3 Å². The molecule has 0 spiro atoms. The van der Waals surface area contributed by atoms with E-state index in [1.54, 1.807) is 20.8 Å². The number of anilines is 2. The zero-order chi connectivity index (χ0) is 30.4. The highest BCUT2D eigenvalue weighted by Gasteiger charge is 2.42. The van der Waals surface area contributed by atoms with Crippen LogP contribution in [0.25, 0.3) is 0 Å². The van der Waals surface area contributed by atoms with E-state index >= 15 is 4.39 Å². The Bertz CT molecular complexity index is 1430. The summed E-state index contributed by atoms with van der Waals surface area (Å²) >= 11 is 5.66. The van der Waals surface area contributed by atoms with E-state index in [0.717, 1.165) is 11.0 Å². The fourth-order valence-corrected chi connectivity index (χ4v) is 4.14. The smallest absolute Gasteiger partial charge is 0.420 e. The molecule has 2 aromatic carbocycles. The number of nitrogens with zero attached hydrogens (tertiary/aromatic N) is 3. The summed E-state index contributed by atoms with van der Waals surface area (Å²) in [7, 11) is 1.28. The number of ether oxygens (including phenoxy) is 1. The first-order valence-electron chi connectivity index (χ1n) is 11.4.